The van der Waals surface area contributed by atoms with Crippen molar-refractivity contribution < 1.29 is 0 Å². The molecule has 0 atom stereocenters. The molecule has 1 aliphatic carbocycles. The highest BCUT2D eigenvalue weighted by molar-refractivity contribution is 6.32. The van der Waals surface area contributed by atoms with E-state index in [1.54, 1.807) is 6.20 Å². The van der Waals surface area contributed by atoms with Gasteiger partial charge in [-0.15, -0.1) is 0 Å². The van der Waals surface area contributed by atoms with Gasteiger partial charge in [0.25, 0.3) is 0 Å². The van der Waals surface area contributed by atoms with Crippen LogP contribution in [-0.2, 0) is 0 Å². The Morgan fingerprint density at radius 1 is 1.39 bits per heavy atom. The molecule has 1 aliphatic rings. The molecule has 1 aromatic heterocycles. The predicted octanol–water partition coefficient (Wildman–Crippen LogP) is 3.55. The Hall–Kier alpha value is -1.03. The minimum atomic E-state index is 0.408. The fourth-order valence-electron chi connectivity index (χ4n) is 2.07. The second-order valence-electron chi connectivity index (χ2n) is 5.33. The van der Waals surface area contributed by atoms with Crippen LogP contribution in [0, 0.1) is 5.41 Å². The van der Waals surface area contributed by atoms with Crippen molar-refractivity contribution >= 4 is 23.4 Å². The normalized spacial score (nSPS) is 17.1. The van der Waals surface area contributed by atoms with Crippen molar-refractivity contribution in [3.8, 4) is 0 Å². The smallest absolute Gasteiger partial charge is 0.224 e. The van der Waals surface area contributed by atoms with Crippen LogP contribution < -0.4 is 10.6 Å². The molecule has 0 radical (unpaired) electrons. The largest absolute Gasteiger partial charge is 0.368 e. The molecule has 1 heterocycles. The Bertz CT molecular complexity index is 404. The highest BCUT2D eigenvalue weighted by Crippen LogP contribution is 2.40. The van der Waals surface area contributed by atoms with Gasteiger partial charge in [-0.1, -0.05) is 31.9 Å². The number of nitrogens with one attached hydrogen (secondary N) is 2. The fourth-order valence-corrected chi connectivity index (χ4v) is 2.23. The lowest BCUT2D eigenvalue weighted by molar-refractivity contribution is 0.180. The van der Waals surface area contributed by atoms with Crippen LogP contribution >= 0.6 is 11.6 Å². The van der Waals surface area contributed by atoms with E-state index in [9.17, 15) is 0 Å². The molecule has 4 nitrogen and oxygen atoms in total. The molecule has 0 saturated heterocycles. The average molecular weight is 269 g/mol. The predicted molar refractivity (Wildman–Crippen MR) is 76.3 cm³/mol. The summed E-state index contributed by atoms with van der Waals surface area (Å²) in [6.07, 6.45) is 6.59. The first-order chi connectivity index (χ1) is 8.63. The maximum atomic E-state index is 6.11. The Morgan fingerprint density at radius 2 is 2.17 bits per heavy atom. The molecule has 0 unspecified atom stereocenters. The Balaban J connectivity index is 1.97. The SMILES string of the molecule is CCCNc1ncc(Cl)c(NCC2(C)CCC2)n1. The summed E-state index contributed by atoms with van der Waals surface area (Å²) in [6, 6.07) is 0. The Labute approximate surface area is 114 Å². The minimum absolute atomic E-state index is 0.408. The molecule has 1 fully saturated rings. The van der Waals surface area contributed by atoms with Crippen molar-refractivity contribution in [2.24, 2.45) is 5.41 Å². The summed E-state index contributed by atoms with van der Waals surface area (Å²) in [7, 11) is 0. The molecule has 0 aromatic carbocycles. The monoisotopic (exact) mass is 268 g/mol. The summed E-state index contributed by atoms with van der Waals surface area (Å²) in [5, 5.41) is 7.10. The van der Waals surface area contributed by atoms with E-state index in [4.69, 9.17) is 11.6 Å². The van der Waals surface area contributed by atoms with Gasteiger partial charge >= 0.3 is 0 Å². The quantitative estimate of drug-likeness (QED) is 0.828. The van der Waals surface area contributed by atoms with Crippen LogP contribution in [0.25, 0.3) is 0 Å². The van der Waals surface area contributed by atoms with Gasteiger partial charge < -0.3 is 10.6 Å². The fraction of sp³-hybridized carbons (Fsp3) is 0.692. The van der Waals surface area contributed by atoms with Crippen LogP contribution in [0.15, 0.2) is 6.20 Å². The molecule has 18 heavy (non-hydrogen) atoms. The van der Waals surface area contributed by atoms with Gasteiger partial charge in [0, 0.05) is 13.1 Å². The molecular formula is C13H21ClN4. The molecule has 2 rings (SSSR count). The maximum Gasteiger partial charge on any atom is 0.224 e. The van der Waals surface area contributed by atoms with Crippen molar-refractivity contribution in [2.45, 2.75) is 39.5 Å². The zero-order valence-electron chi connectivity index (χ0n) is 11.1. The topological polar surface area (TPSA) is 49.8 Å². The van der Waals surface area contributed by atoms with Crippen LogP contribution in [0.4, 0.5) is 11.8 Å². The average Bonchev–Trinajstić information content (AvgIpc) is 2.34. The van der Waals surface area contributed by atoms with Crippen molar-refractivity contribution in [3.05, 3.63) is 11.2 Å². The summed E-state index contributed by atoms with van der Waals surface area (Å²) >= 11 is 6.11. The first kappa shape index (κ1) is 13.4. The van der Waals surface area contributed by atoms with E-state index in [2.05, 4.69) is 34.4 Å². The first-order valence-electron chi connectivity index (χ1n) is 6.63. The molecule has 0 amide bonds. The molecule has 2 N–H and O–H groups in total. The molecule has 1 saturated carbocycles. The van der Waals surface area contributed by atoms with Gasteiger partial charge in [-0.2, -0.15) is 4.98 Å². The summed E-state index contributed by atoms with van der Waals surface area (Å²) in [5.74, 6) is 1.38. The van der Waals surface area contributed by atoms with E-state index >= 15 is 0 Å². The van der Waals surface area contributed by atoms with Crippen molar-refractivity contribution in [2.75, 3.05) is 23.7 Å². The zero-order chi connectivity index (χ0) is 13.0. The highest BCUT2D eigenvalue weighted by atomic mass is 35.5. The molecule has 100 valence electrons. The molecule has 0 bridgehead atoms. The highest BCUT2D eigenvalue weighted by Gasteiger charge is 2.31. The van der Waals surface area contributed by atoms with Crippen molar-refractivity contribution in [3.63, 3.8) is 0 Å². The third-order valence-electron chi connectivity index (χ3n) is 3.52. The Morgan fingerprint density at radius 3 is 2.78 bits per heavy atom. The number of rotatable bonds is 6. The lowest BCUT2D eigenvalue weighted by Gasteiger charge is -2.38. The lowest BCUT2D eigenvalue weighted by Crippen LogP contribution is -2.33. The van der Waals surface area contributed by atoms with Gasteiger partial charge in [0.05, 0.1) is 6.20 Å². The van der Waals surface area contributed by atoms with Crippen LogP contribution in [-0.4, -0.2) is 23.1 Å². The summed E-state index contributed by atoms with van der Waals surface area (Å²) < 4.78 is 0. The molecule has 5 heteroatoms. The van der Waals surface area contributed by atoms with Crippen LogP contribution in [0.2, 0.25) is 5.02 Å². The second-order valence-corrected chi connectivity index (χ2v) is 5.74. The third kappa shape index (κ3) is 3.25. The van der Waals surface area contributed by atoms with E-state index in [1.807, 2.05) is 0 Å². The van der Waals surface area contributed by atoms with E-state index in [1.165, 1.54) is 19.3 Å². The number of anilines is 2. The van der Waals surface area contributed by atoms with Gasteiger partial charge in [-0.3, -0.25) is 0 Å². The first-order valence-corrected chi connectivity index (χ1v) is 7.01. The summed E-state index contributed by atoms with van der Waals surface area (Å²) in [5.41, 5.74) is 0.408. The van der Waals surface area contributed by atoms with Crippen LogP contribution in [0.1, 0.15) is 39.5 Å². The summed E-state index contributed by atoms with van der Waals surface area (Å²) in [4.78, 5) is 8.57. The van der Waals surface area contributed by atoms with Gasteiger partial charge in [-0.25, -0.2) is 4.98 Å². The Kier molecular flexibility index (Phi) is 4.27. The van der Waals surface area contributed by atoms with E-state index < -0.39 is 0 Å². The van der Waals surface area contributed by atoms with Gasteiger partial charge in [0.15, 0.2) is 5.82 Å². The molecule has 1 aromatic rings. The van der Waals surface area contributed by atoms with Gasteiger partial charge in [0.2, 0.25) is 5.95 Å². The van der Waals surface area contributed by atoms with Crippen molar-refractivity contribution in [1.29, 1.82) is 0 Å². The van der Waals surface area contributed by atoms with E-state index in [0.717, 1.165) is 25.3 Å². The minimum Gasteiger partial charge on any atom is -0.368 e. The van der Waals surface area contributed by atoms with Crippen molar-refractivity contribution in [1.82, 2.24) is 9.97 Å². The van der Waals surface area contributed by atoms with Crippen LogP contribution in [0.5, 0.6) is 0 Å². The number of aromatic nitrogens is 2. The van der Waals surface area contributed by atoms with Gasteiger partial charge in [0.1, 0.15) is 5.02 Å². The number of hydrogen-bond acceptors (Lipinski definition) is 4. The maximum absolute atomic E-state index is 6.11. The third-order valence-corrected chi connectivity index (χ3v) is 3.80. The lowest BCUT2D eigenvalue weighted by atomic mass is 9.70. The molecule has 0 spiro atoms. The van der Waals surface area contributed by atoms with Gasteiger partial charge in [-0.05, 0) is 24.7 Å². The number of halogens is 1. The second kappa shape index (κ2) is 5.74. The summed E-state index contributed by atoms with van der Waals surface area (Å²) in [6.45, 7) is 6.21. The van der Waals surface area contributed by atoms with E-state index in [-0.39, 0.29) is 0 Å². The zero-order valence-corrected chi connectivity index (χ0v) is 11.8. The van der Waals surface area contributed by atoms with E-state index in [0.29, 0.717) is 16.4 Å². The number of hydrogen-bond donors (Lipinski definition) is 2. The standard InChI is InChI=1S/C13H21ClN4/c1-3-7-15-12-16-8-10(14)11(18-12)17-9-13(2)5-4-6-13/h8H,3-7,9H2,1-2H3,(H2,15,16,17,18). The molecular weight excluding hydrogens is 248 g/mol. The van der Waals surface area contributed by atoms with Crippen LogP contribution in [0.3, 0.4) is 0 Å². The number of nitrogens with zero attached hydrogens (tertiary/aromatic N) is 2. The molecule has 0 aliphatic heterocycles.